The van der Waals surface area contributed by atoms with Crippen LogP contribution in [0, 0.1) is 11.8 Å². The maximum absolute atomic E-state index is 12.6. The third-order valence-electron chi connectivity index (χ3n) is 4.79. The normalized spacial score (nSPS) is 24.5. The lowest BCUT2D eigenvalue weighted by Gasteiger charge is -2.33. The molecule has 7 N–H and O–H groups in total. The van der Waals surface area contributed by atoms with Crippen LogP contribution in [0.2, 0.25) is 0 Å². The number of nitrogens with two attached hydrogens (primary N) is 1. The fourth-order valence-corrected chi connectivity index (χ4v) is 3.25. The van der Waals surface area contributed by atoms with Gasteiger partial charge in [0, 0.05) is 12.0 Å². The van der Waals surface area contributed by atoms with E-state index in [9.17, 15) is 24.6 Å². The van der Waals surface area contributed by atoms with E-state index < -0.39 is 42.1 Å². The van der Waals surface area contributed by atoms with E-state index in [-0.39, 0.29) is 29.7 Å². The van der Waals surface area contributed by atoms with Crippen molar-refractivity contribution in [3.05, 3.63) is 11.6 Å². The quantitative estimate of drug-likeness (QED) is 0.286. The summed E-state index contributed by atoms with van der Waals surface area (Å²) in [5.41, 5.74) is 5.54. The predicted molar refractivity (Wildman–Crippen MR) is 105 cm³/mol. The standard InChI is InChI=1S/C19H34N4O5/c1-9(2)6-13(17(20)26)23-18(27)11-7-12(16(25)14(24)8-11)22-19(28)15(21-5)10(3)4/h7,9-10,12-16,21,24-25H,6,8H2,1-5H3,(H2,20,26)(H,22,28)(H,23,27)/t12-,13-,14-,15+,16-/m1/s1. The van der Waals surface area contributed by atoms with Crippen LogP contribution in [0.25, 0.3) is 0 Å². The number of aliphatic hydroxyl groups excluding tert-OH is 2. The van der Waals surface area contributed by atoms with Gasteiger partial charge in [0.05, 0.1) is 18.2 Å². The van der Waals surface area contributed by atoms with Crippen molar-refractivity contribution in [2.24, 2.45) is 17.6 Å². The van der Waals surface area contributed by atoms with Crippen LogP contribution >= 0.6 is 0 Å². The summed E-state index contributed by atoms with van der Waals surface area (Å²) in [5, 5.41) is 28.5. The molecule has 9 nitrogen and oxygen atoms in total. The lowest BCUT2D eigenvalue weighted by Crippen LogP contribution is -2.56. The van der Waals surface area contributed by atoms with Gasteiger partial charge in [0.15, 0.2) is 0 Å². The molecule has 1 aliphatic rings. The zero-order valence-corrected chi connectivity index (χ0v) is 17.2. The van der Waals surface area contributed by atoms with Crippen molar-refractivity contribution in [3.8, 4) is 0 Å². The lowest BCUT2D eigenvalue weighted by molar-refractivity contribution is -0.127. The number of amides is 3. The maximum Gasteiger partial charge on any atom is 0.247 e. The summed E-state index contributed by atoms with van der Waals surface area (Å²) in [5.74, 6) is -1.38. The minimum Gasteiger partial charge on any atom is -0.390 e. The molecule has 9 heteroatoms. The van der Waals surface area contributed by atoms with Gasteiger partial charge >= 0.3 is 0 Å². The van der Waals surface area contributed by atoms with Gasteiger partial charge in [-0.1, -0.05) is 33.8 Å². The Morgan fingerprint density at radius 2 is 1.82 bits per heavy atom. The fourth-order valence-electron chi connectivity index (χ4n) is 3.25. The molecule has 0 saturated carbocycles. The van der Waals surface area contributed by atoms with Crippen LogP contribution in [0.3, 0.4) is 0 Å². The van der Waals surface area contributed by atoms with Gasteiger partial charge in [0.2, 0.25) is 17.7 Å². The molecule has 0 spiro atoms. The number of likely N-dealkylation sites (N-methyl/N-ethyl adjacent to an activating group) is 1. The Bertz CT molecular complexity index is 605. The van der Waals surface area contributed by atoms with Crippen LogP contribution < -0.4 is 21.7 Å². The van der Waals surface area contributed by atoms with E-state index in [1.54, 1.807) is 7.05 Å². The average Bonchev–Trinajstić information content (AvgIpc) is 2.57. The number of carbonyl (C=O) groups is 3. The molecule has 5 atom stereocenters. The van der Waals surface area contributed by atoms with Crippen molar-refractivity contribution in [1.29, 1.82) is 0 Å². The van der Waals surface area contributed by atoms with Gasteiger partial charge in [-0.2, -0.15) is 0 Å². The molecule has 0 aromatic heterocycles. The molecule has 0 aromatic rings. The lowest BCUT2D eigenvalue weighted by atomic mass is 9.89. The van der Waals surface area contributed by atoms with Crippen LogP contribution in [-0.2, 0) is 14.4 Å². The molecule has 3 amide bonds. The minimum absolute atomic E-state index is 0.00904. The van der Waals surface area contributed by atoms with Crippen LogP contribution in [0.15, 0.2) is 11.6 Å². The van der Waals surface area contributed by atoms with Crippen molar-refractivity contribution in [1.82, 2.24) is 16.0 Å². The molecule has 0 aliphatic heterocycles. The Morgan fingerprint density at radius 3 is 2.29 bits per heavy atom. The number of carbonyl (C=O) groups excluding carboxylic acids is 3. The average molecular weight is 399 g/mol. The van der Waals surface area contributed by atoms with Gasteiger partial charge in [-0.15, -0.1) is 0 Å². The fraction of sp³-hybridized carbons (Fsp3) is 0.737. The van der Waals surface area contributed by atoms with Gasteiger partial charge in [0.1, 0.15) is 12.1 Å². The Morgan fingerprint density at radius 1 is 1.21 bits per heavy atom. The van der Waals surface area contributed by atoms with Gasteiger partial charge in [0.25, 0.3) is 0 Å². The first-order valence-corrected chi connectivity index (χ1v) is 9.62. The Kier molecular flexibility index (Phi) is 9.06. The Labute approximate surface area is 166 Å². The summed E-state index contributed by atoms with van der Waals surface area (Å²) in [6.45, 7) is 7.56. The van der Waals surface area contributed by atoms with E-state index in [4.69, 9.17) is 5.73 Å². The van der Waals surface area contributed by atoms with Crippen LogP contribution in [0.5, 0.6) is 0 Å². The largest absolute Gasteiger partial charge is 0.390 e. The summed E-state index contributed by atoms with van der Waals surface area (Å²) < 4.78 is 0. The second-order valence-electron chi connectivity index (χ2n) is 8.06. The summed E-state index contributed by atoms with van der Waals surface area (Å²) in [6.07, 6.45) is -0.747. The van der Waals surface area contributed by atoms with E-state index in [0.717, 1.165) is 0 Å². The van der Waals surface area contributed by atoms with Gasteiger partial charge < -0.3 is 31.9 Å². The Hall–Kier alpha value is -1.97. The van der Waals surface area contributed by atoms with Gasteiger partial charge in [-0.3, -0.25) is 14.4 Å². The van der Waals surface area contributed by atoms with E-state index >= 15 is 0 Å². The van der Waals surface area contributed by atoms with Crippen LogP contribution in [0.4, 0.5) is 0 Å². The molecule has 0 heterocycles. The highest BCUT2D eigenvalue weighted by atomic mass is 16.3. The van der Waals surface area contributed by atoms with E-state index in [0.29, 0.717) is 6.42 Å². The summed E-state index contributed by atoms with van der Waals surface area (Å²) >= 11 is 0. The predicted octanol–water partition coefficient (Wildman–Crippen LogP) is -1.22. The smallest absolute Gasteiger partial charge is 0.247 e. The number of hydrogen-bond acceptors (Lipinski definition) is 6. The molecule has 0 fully saturated rings. The van der Waals surface area contributed by atoms with Crippen LogP contribution in [0.1, 0.15) is 40.5 Å². The molecular weight excluding hydrogens is 364 g/mol. The van der Waals surface area contributed by atoms with Crippen molar-refractivity contribution in [3.63, 3.8) is 0 Å². The number of hydrogen-bond donors (Lipinski definition) is 6. The zero-order valence-electron chi connectivity index (χ0n) is 17.2. The number of rotatable bonds is 9. The number of aliphatic hydroxyl groups is 2. The third-order valence-corrected chi connectivity index (χ3v) is 4.79. The number of primary amides is 1. The first kappa shape index (κ1) is 24.1. The maximum atomic E-state index is 12.6. The van der Waals surface area contributed by atoms with Crippen molar-refractivity contribution in [2.75, 3.05) is 7.05 Å². The second kappa shape index (κ2) is 10.5. The summed E-state index contributed by atoms with van der Waals surface area (Å²) in [4.78, 5) is 36.6. The van der Waals surface area contributed by atoms with Crippen molar-refractivity contribution < 1.29 is 24.6 Å². The zero-order chi connectivity index (χ0) is 21.6. The van der Waals surface area contributed by atoms with Crippen molar-refractivity contribution >= 4 is 17.7 Å². The molecular formula is C19H34N4O5. The molecule has 28 heavy (non-hydrogen) atoms. The highest BCUT2D eigenvalue weighted by Gasteiger charge is 2.35. The highest BCUT2D eigenvalue weighted by molar-refractivity contribution is 5.97. The Balaban J connectivity index is 2.96. The van der Waals surface area contributed by atoms with Gasteiger partial charge in [-0.25, -0.2) is 0 Å². The first-order valence-electron chi connectivity index (χ1n) is 9.62. The molecule has 0 saturated heterocycles. The van der Waals surface area contributed by atoms with Crippen LogP contribution in [-0.4, -0.2) is 65.3 Å². The second-order valence-corrected chi connectivity index (χ2v) is 8.06. The molecule has 0 unspecified atom stereocenters. The van der Waals surface area contributed by atoms with Gasteiger partial charge in [-0.05, 0) is 25.3 Å². The van der Waals surface area contributed by atoms with E-state index in [1.165, 1.54) is 6.08 Å². The minimum atomic E-state index is -1.24. The molecule has 160 valence electrons. The van der Waals surface area contributed by atoms with E-state index in [2.05, 4.69) is 16.0 Å². The van der Waals surface area contributed by atoms with E-state index in [1.807, 2.05) is 27.7 Å². The third kappa shape index (κ3) is 6.57. The molecule has 0 bridgehead atoms. The highest BCUT2D eigenvalue weighted by Crippen LogP contribution is 2.21. The molecule has 0 radical (unpaired) electrons. The van der Waals surface area contributed by atoms with Crippen molar-refractivity contribution in [2.45, 2.75) is 70.9 Å². The molecule has 1 aliphatic carbocycles. The molecule has 1 rings (SSSR count). The summed E-state index contributed by atoms with van der Waals surface area (Å²) in [6, 6.07) is -2.24. The molecule has 0 aromatic carbocycles. The monoisotopic (exact) mass is 398 g/mol. The topological polar surface area (TPSA) is 154 Å². The first-order chi connectivity index (χ1) is 13.0. The number of nitrogens with one attached hydrogen (secondary N) is 3. The SMILES string of the molecule is CN[C@H](C(=O)N[C@@H]1C=C(C(=O)N[C@H](CC(C)C)C(N)=O)C[C@@H](O)[C@@H]1O)C(C)C. The summed E-state index contributed by atoms with van der Waals surface area (Å²) in [7, 11) is 1.66.